The molecule has 1 fully saturated rings. The third-order valence-corrected chi connectivity index (χ3v) is 3.05. The predicted molar refractivity (Wildman–Crippen MR) is 52.3 cm³/mol. The lowest BCUT2D eigenvalue weighted by atomic mass is 9.95. The predicted octanol–water partition coefficient (Wildman–Crippen LogP) is 2.69. The van der Waals surface area contributed by atoms with Crippen molar-refractivity contribution in [1.29, 1.82) is 0 Å². The van der Waals surface area contributed by atoms with E-state index in [-0.39, 0.29) is 11.4 Å². The van der Waals surface area contributed by atoms with Gasteiger partial charge in [-0.1, -0.05) is 12.5 Å². The van der Waals surface area contributed by atoms with Gasteiger partial charge in [-0.2, -0.15) is 0 Å². The summed E-state index contributed by atoms with van der Waals surface area (Å²) in [7, 11) is 0. The van der Waals surface area contributed by atoms with E-state index in [0.717, 1.165) is 5.57 Å². The Hall–Kier alpha value is -0.790. The summed E-state index contributed by atoms with van der Waals surface area (Å²) in [6, 6.07) is 0. The van der Waals surface area contributed by atoms with Crippen LogP contribution >= 0.6 is 0 Å². The van der Waals surface area contributed by atoms with Crippen LogP contribution in [0.1, 0.15) is 40.5 Å². The van der Waals surface area contributed by atoms with Gasteiger partial charge >= 0.3 is 5.97 Å². The molecule has 0 aromatic rings. The van der Waals surface area contributed by atoms with Crippen molar-refractivity contribution < 1.29 is 9.53 Å². The maximum absolute atomic E-state index is 11.4. The molecule has 0 radical (unpaired) electrons. The summed E-state index contributed by atoms with van der Waals surface area (Å²) in [6.45, 7) is 8.39. The summed E-state index contributed by atoms with van der Waals surface area (Å²) < 4.78 is 4.95. The summed E-state index contributed by atoms with van der Waals surface area (Å²) in [4.78, 5) is 11.4. The lowest BCUT2D eigenvalue weighted by Gasteiger charge is -2.12. The summed E-state index contributed by atoms with van der Waals surface area (Å²) in [5, 5.41) is 0. The molecule has 0 aliphatic heterocycles. The van der Waals surface area contributed by atoms with E-state index >= 15 is 0 Å². The zero-order valence-corrected chi connectivity index (χ0v) is 8.94. The first-order chi connectivity index (χ1) is 6.01. The van der Waals surface area contributed by atoms with Gasteiger partial charge in [0.15, 0.2) is 0 Å². The van der Waals surface area contributed by atoms with E-state index in [4.69, 9.17) is 4.74 Å². The molecular weight excluding hydrogens is 164 g/mol. The van der Waals surface area contributed by atoms with Crippen LogP contribution in [0.3, 0.4) is 0 Å². The number of hydrogen-bond acceptors (Lipinski definition) is 2. The minimum atomic E-state index is -0.159. The van der Waals surface area contributed by atoms with Crippen LogP contribution in [0.25, 0.3) is 0 Å². The van der Waals surface area contributed by atoms with Gasteiger partial charge in [-0.3, -0.25) is 0 Å². The van der Waals surface area contributed by atoms with Gasteiger partial charge in [0.25, 0.3) is 0 Å². The first-order valence-electron chi connectivity index (χ1n) is 4.86. The molecule has 1 rings (SSSR count). The largest absolute Gasteiger partial charge is 0.463 e. The first kappa shape index (κ1) is 10.3. The molecule has 0 heterocycles. The quantitative estimate of drug-likeness (QED) is 0.495. The number of carbonyl (C=O) groups excluding carboxylic acids is 1. The molecule has 0 atom stereocenters. The topological polar surface area (TPSA) is 26.3 Å². The van der Waals surface area contributed by atoms with Crippen LogP contribution < -0.4 is 0 Å². The highest BCUT2D eigenvalue weighted by molar-refractivity contribution is 5.88. The molecule has 1 aliphatic carbocycles. The van der Waals surface area contributed by atoms with E-state index < -0.39 is 0 Å². The fraction of sp³-hybridized carbons (Fsp3) is 0.727. The Bertz CT molecular complexity index is 247. The molecule has 1 saturated carbocycles. The van der Waals surface area contributed by atoms with E-state index in [0.29, 0.717) is 6.61 Å². The van der Waals surface area contributed by atoms with E-state index in [9.17, 15) is 4.79 Å². The van der Waals surface area contributed by atoms with E-state index in [1.54, 1.807) is 0 Å². The normalized spacial score (nSPS) is 20.6. The highest BCUT2D eigenvalue weighted by atomic mass is 16.5. The van der Waals surface area contributed by atoms with Crippen LogP contribution in [-0.4, -0.2) is 12.6 Å². The zero-order valence-electron chi connectivity index (χ0n) is 8.94. The number of allylic oxidation sites excluding steroid dienone is 1. The van der Waals surface area contributed by atoms with Crippen molar-refractivity contribution in [2.45, 2.75) is 40.5 Å². The van der Waals surface area contributed by atoms with Gasteiger partial charge in [0.05, 0.1) is 6.61 Å². The van der Waals surface area contributed by atoms with E-state index in [2.05, 4.69) is 6.92 Å². The van der Waals surface area contributed by atoms with Crippen LogP contribution in [0, 0.1) is 5.41 Å². The van der Waals surface area contributed by atoms with E-state index in [1.165, 1.54) is 18.4 Å². The molecule has 0 amide bonds. The molecule has 0 N–H and O–H groups in total. The molecule has 2 heteroatoms. The number of rotatable bonds is 3. The van der Waals surface area contributed by atoms with Crippen molar-refractivity contribution in [3.05, 3.63) is 11.1 Å². The Morgan fingerprint density at radius 1 is 1.38 bits per heavy atom. The van der Waals surface area contributed by atoms with E-state index in [1.807, 2.05) is 20.8 Å². The molecule has 74 valence electrons. The molecule has 0 aromatic carbocycles. The fourth-order valence-electron chi connectivity index (χ4n) is 1.41. The van der Waals surface area contributed by atoms with Crippen molar-refractivity contribution in [3.63, 3.8) is 0 Å². The van der Waals surface area contributed by atoms with Gasteiger partial charge in [0.2, 0.25) is 0 Å². The second-order valence-electron chi connectivity index (χ2n) is 4.03. The van der Waals surface area contributed by atoms with Gasteiger partial charge < -0.3 is 4.74 Å². The van der Waals surface area contributed by atoms with Crippen LogP contribution in [0.5, 0.6) is 0 Å². The number of hydrogen-bond donors (Lipinski definition) is 0. The molecule has 1 aliphatic rings. The van der Waals surface area contributed by atoms with Gasteiger partial charge in [0, 0.05) is 5.57 Å². The minimum absolute atomic E-state index is 0.159. The highest BCUT2D eigenvalue weighted by Gasteiger charge is 2.40. The molecule has 0 spiro atoms. The van der Waals surface area contributed by atoms with Gasteiger partial charge in [-0.15, -0.1) is 0 Å². The Balaban J connectivity index is 2.73. The van der Waals surface area contributed by atoms with Crippen molar-refractivity contribution in [2.75, 3.05) is 6.61 Å². The Morgan fingerprint density at radius 3 is 2.31 bits per heavy atom. The average molecular weight is 182 g/mol. The monoisotopic (exact) mass is 182 g/mol. The molecule has 13 heavy (non-hydrogen) atoms. The van der Waals surface area contributed by atoms with Crippen molar-refractivity contribution in [1.82, 2.24) is 0 Å². The average Bonchev–Trinajstić information content (AvgIpc) is 2.83. The minimum Gasteiger partial charge on any atom is -0.463 e. The lowest BCUT2D eigenvalue weighted by molar-refractivity contribution is -0.138. The third kappa shape index (κ3) is 2.11. The highest BCUT2D eigenvalue weighted by Crippen LogP contribution is 2.52. The number of carbonyl (C=O) groups is 1. The maximum atomic E-state index is 11.4. The van der Waals surface area contributed by atoms with Crippen molar-refractivity contribution in [2.24, 2.45) is 5.41 Å². The lowest BCUT2D eigenvalue weighted by Crippen LogP contribution is -2.10. The van der Waals surface area contributed by atoms with Crippen molar-refractivity contribution in [3.8, 4) is 0 Å². The number of esters is 1. The standard InChI is InChI=1S/C11H18O2/c1-5-13-10(12)8(2)9(3)11(4)6-7-11/h5-7H2,1-4H3. The Morgan fingerprint density at radius 2 is 1.92 bits per heavy atom. The first-order valence-corrected chi connectivity index (χ1v) is 4.86. The molecule has 2 nitrogen and oxygen atoms in total. The fourth-order valence-corrected chi connectivity index (χ4v) is 1.41. The molecule has 0 bridgehead atoms. The summed E-state index contributed by atoms with van der Waals surface area (Å²) in [6.07, 6.45) is 2.41. The van der Waals surface area contributed by atoms with Gasteiger partial charge in [-0.05, 0) is 39.0 Å². The smallest absolute Gasteiger partial charge is 0.333 e. The zero-order chi connectivity index (χ0) is 10.1. The van der Waals surface area contributed by atoms with Gasteiger partial charge in [-0.25, -0.2) is 4.79 Å². The molecule has 0 saturated heterocycles. The SMILES string of the molecule is CCOC(=O)C(C)=C(C)C1(C)CC1. The Labute approximate surface area is 80.0 Å². The van der Waals surface area contributed by atoms with Crippen LogP contribution in [-0.2, 0) is 9.53 Å². The third-order valence-electron chi connectivity index (χ3n) is 3.05. The number of ether oxygens (including phenoxy) is 1. The molecule has 0 unspecified atom stereocenters. The van der Waals surface area contributed by atoms with Crippen molar-refractivity contribution >= 4 is 5.97 Å². The van der Waals surface area contributed by atoms with Crippen LogP contribution in [0.2, 0.25) is 0 Å². The van der Waals surface area contributed by atoms with Gasteiger partial charge in [0.1, 0.15) is 0 Å². The molecule has 0 aromatic heterocycles. The summed E-state index contributed by atoms with van der Waals surface area (Å²) in [5.74, 6) is -0.159. The summed E-state index contributed by atoms with van der Waals surface area (Å²) >= 11 is 0. The van der Waals surface area contributed by atoms with Crippen LogP contribution in [0.4, 0.5) is 0 Å². The van der Waals surface area contributed by atoms with Crippen LogP contribution in [0.15, 0.2) is 11.1 Å². The molecular formula is C11H18O2. The summed E-state index contributed by atoms with van der Waals surface area (Å²) in [5.41, 5.74) is 2.28. The Kier molecular flexibility index (Phi) is 2.79. The second-order valence-corrected chi connectivity index (χ2v) is 4.03. The second kappa shape index (κ2) is 3.52. The maximum Gasteiger partial charge on any atom is 0.333 e.